The van der Waals surface area contributed by atoms with Crippen molar-refractivity contribution in [1.82, 2.24) is 9.88 Å². The fraction of sp³-hybridized carbons (Fsp3) is 0.364. The van der Waals surface area contributed by atoms with Gasteiger partial charge in [-0.3, -0.25) is 9.78 Å². The van der Waals surface area contributed by atoms with Gasteiger partial charge in [-0.1, -0.05) is 41.4 Å². The predicted molar refractivity (Wildman–Crippen MR) is 155 cm³/mol. The van der Waals surface area contributed by atoms with Crippen LogP contribution < -0.4 is 0 Å². The van der Waals surface area contributed by atoms with Crippen molar-refractivity contribution in [3.05, 3.63) is 104 Å². The second kappa shape index (κ2) is 11.3. The Balaban J connectivity index is 1.30. The van der Waals surface area contributed by atoms with Crippen molar-refractivity contribution in [2.45, 2.75) is 57.8 Å². The average molecular weight is 540 g/mol. The molecule has 5 nitrogen and oxygen atoms in total. The number of pyridine rings is 1. The van der Waals surface area contributed by atoms with E-state index in [1.54, 1.807) is 26.0 Å². The molecule has 6 heteroatoms. The molecule has 5 rings (SSSR count). The lowest BCUT2D eigenvalue weighted by molar-refractivity contribution is -0.142. The molecule has 1 saturated heterocycles. The molecule has 0 saturated carbocycles. The molecule has 0 atom stereocenters. The number of fused-ring (bicyclic) bond motifs is 2. The van der Waals surface area contributed by atoms with E-state index >= 15 is 0 Å². The summed E-state index contributed by atoms with van der Waals surface area (Å²) in [6.45, 7) is 6.33. The molecule has 1 aliphatic carbocycles. The number of aryl methyl sites for hydroxylation is 3. The fourth-order valence-electron chi connectivity index (χ4n) is 5.84. The van der Waals surface area contributed by atoms with Gasteiger partial charge in [0.05, 0.1) is 22.7 Å². The van der Waals surface area contributed by atoms with E-state index in [9.17, 15) is 15.2 Å². The Hall–Kier alpha value is -3.46. The summed E-state index contributed by atoms with van der Waals surface area (Å²) < 4.78 is 0. The van der Waals surface area contributed by atoms with Crippen molar-refractivity contribution in [1.29, 1.82) is 5.26 Å². The van der Waals surface area contributed by atoms with E-state index in [-0.39, 0.29) is 0 Å². The van der Waals surface area contributed by atoms with Crippen molar-refractivity contribution >= 4 is 23.1 Å². The molecule has 2 heterocycles. The number of likely N-dealkylation sites (tertiary alicyclic amines) is 1. The number of aromatic nitrogens is 1. The number of carboxylic acid groups (broad SMARTS) is 1. The molecule has 0 spiro atoms. The highest BCUT2D eigenvalue weighted by Gasteiger charge is 2.30. The molecule has 1 N–H and O–H groups in total. The van der Waals surface area contributed by atoms with Gasteiger partial charge in [-0.2, -0.15) is 5.26 Å². The lowest BCUT2D eigenvalue weighted by Gasteiger charge is -2.30. The number of carboxylic acids is 1. The average Bonchev–Trinajstić information content (AvgIpc) is 3.10. The molecule has 1 aliphatic heterocycles. The maximum absolute atomic E-state index is 11.7. The summed E-state index contributed by atoms with van der Waals surface area (Å²) in [5, 5.41) is 20.0. The van der Waals surface area contributed by atoms with Gasteiger partial charge in [0.15, 0.2) is 0 Å². The molecule has 0 radical (unpaired) electrons. The van der Waals surface area contributed by atoms with Gasteiger partial charge in [0.25, 0.3) is 0 Å². The number of rotatable bonds is 6. The van der Waals surface area contributed by atoms with Gasteiger partial charge in [-0.15, -0.1) is 0 Å². The third kappa shape index (κ3) is 5.64. The van der Waals surface area contributed by atoms with Crippen molar-refractivity contribution < 1.29 is 9.90 Å². The minimum atomic E-state index is -0.991. The number of halogens is 1. The predicted octanol–water partition coefficient (Wildman–Crippen LogP) is 6.60. The Morgan fingerprint density at radius 1 is 1.08 bits per heavy atom. The zero-order valence-electron chi connectivity index (χ0n) is 22.6. The van der Waals surface area contributed by atoms with Crippen LogP contribution in [0.1, 0.15) is 72.2 Å². The normalized spacial score (nSPS) is 15.7. The Morgan fingerprint density at radius 2 is 1.85 bits per heavy atom. The molecule has 2 aromatic carbocycles. The molecule has 2 aliphatic rings. The van der Waals surface area contributed by atoms with Gasteiger partial charge in [-0.25, -0.2) is 0 Å². The van der Waals surface area contributed by atoms with Crippen LogP contribution in [0.15, 0.2) is 60.3 Å². The van der Waals surface area contributed by atoms with E-state index in [0.717, 1.165) is 80.0 Å². The summed E-state index contributed by atoms with van der Waals surface area (Å²) in [4.78, 5) is 19.1. The van der Waals surface area contributed by atoms with Crippen molar-refractivity contribution in [3.63, 3.8) is 0 Å². The summed E-state index contributed by atoms with van der Waals surface area (Å²) in [5.74, 6) is -0.867. The van der Waals surface area contributed by atoms with Gasteiger partial charge >= 0.3 is 5.97 Å². The van der Waals surface area contributed by atoms with Crippen molar-refractivity contribution in [2.75, 3.05) is 19.6 Å². The smallest absolute Gasteiger partial charge is 0.313 e. The molecular formula is C33H34ClN3O2. The minimum Gasteiger partial charge on any atom is -0.481 e. The quantitative estimate of drug-likeness (QED) is 0.382. The monoisotopic (exact) mass is 539 g/mol. The summed E-state index contributed by atoms with van der Waals surface area (Å²) in [6.07, 6.45) is 7.50. The second-order valence-corrected chi connectivity index (χ2v) is 11.6. The third-order valence-electron chi connectivity index (χ3n) is 8.34. The molecule has 0 unspecified atom stereocenters. The molecule has 0 amide bonds. The van der Waals surface area contributed by atoms with Crippen LogP contribution in [0.5, 0.6) is 0 Å². The molecule has 3 aromatic rings. The highest BCUT2D eigenvalue weighted by atomic mass is 35.5. The second-order valence-electron chi connectivity index (χ2n) is 11.2. The first-order valence-corrected chi connectivity index (χ1v) is 14.1. The molecule has 1 aromatic heterocycles. The molecular weight excluding hydrogens is 506 g/mol. The van der Waals surface area contributed by atoms with E-state index < -0.39 is 11.4 Å². The number of hydrogen-bond donors (Lipinski definition) is 1. The van der Waals surface area contributed by atoms with Gasteiger partial charge < -0.3 is 10.0 Å². The van der Waals surface area contributed by atoms with Crippen LogP contribution >= 0.6 is 11.6 Å². The van der Waals surface area contributed by atoms with Crippen LogP contribution in [0, 0.1) is 11.3 Å². The maximum atomic E-state index is 11.7. The first kappa shape index (κ1) is 27.1. The van der Waals surface area contributed by atoms with Gasteiger partial charge in [0, 0.05) is 29.9 Å². The first-order valence-electron chi connectivity index (χ1n) is 13.7. The summed E-state index contributed by atoms with van der Waals surface area (Å²) in [7, 11) is 0. The minimum absolute atomic E-state index is 0.629. The number of nitrogens with zero attached hydrogens (tertiary/aromatic N) is 3. The van der Waals surface area contributed by atoms with E-state index in [0.29, 0.717) is 5.56 Å². The third-order valence-corrected chi connectivity index (χ3v) is 8.58. The van der Waals surface area contributed by atoms with Crippen LogP contribution in [0.2, 0.25) is 5.02 Å². The SMILES string of the molecule is CC(C)(C(=O)O)c1ccc(C#N)c(CCCN2CCC(=C3c4ccc(Cl)cc4CCc4cccnc43)CC2)c1. The van der Waals surface area contributed by atoms with Crippen LogP contribution in [0.25, 0.3) is 5.57 Å². The fourth-order valence-corrected chi connectivity index (χ4v) is 6.04. The number of benzene rings is 2. The van der Waals surface area contributed by atoms with Crippen LogP contribution in [-0.4, -0.2) is 40.6 Å². The number of hydrogen-bond acceptors (Lipinski definition) is 4. The summed E-state index contributed by atoms with van der Waals surface area (Å²) >= 11 is 6.37. The standard InChI is InChI=1S/C33H34ClN3O2/c1-33(2,32(38)39)27-10-9-26(21-35)24(19-27)6-4-16-37-17-13-22(14-18-37)30-29-12-11-28(34)20-25(29)8-7-23-5-3-15-36-31(23)30/h3,5,9-12,15,19-20H,4,6-8,13-14,16-18H2,1-2H3,(H,38,39). The van der Waals surface area contributed by atoms with Crippen LogP contribution in [0.4, 0.5) is 0 Å². The Kier molecular flexibility index (Phi) is 7.88. The Labute approximate surface area is 235 Å². The topological polar surface area (TPSA) is 77.2 Å². The van der Waals surface area contributed by atoms with Crippen molar-refractivity contribution in [3.8, 4) is 6.07 Å². The highest BCUT2D eigenvalue weighted by molar-refractivity contribution is 6.30. The zero-order chi connectivity index (χ0) is 27.6. The van der Waals surface area contributed by atoms with E-state index in [1.807, 2.05) is 24.4 Å². The maximum Gasteiger partial charge on any atom is 0.313 e. The Morgan fingerprint density at radius 3 is 2.59 bits per heavy atom. The van der Waals surface area contributed by atoms with Gasteiger partial charge in [0.1, 0.15) is 0 Å². The number of carbonyl (C=O) groups is 1. The first-order chi connectivity index (χ1) is 18.8. The van der Waals surface area contributed by atoms with Gasteiger partial charge in [0.2, 0.25) is 0 Å². The van der Waals surface area contributed by atoms with Gasteiger partial charge in [-0.05, 0) is 111 Å². The number of aliphatic carboxylic acids is 1. The zero-order valence-corrected chi connectivity index (χ0v) is 23.4. The lowest BCUT2D eigenvalue weighted by atomic mass is 9.83. The molecule has 39 heavy (non-hydrogen) atoms. The van der Waals surface area contributed by atoms with E-state index in [1.165, 1.54) is 27.8 Å². The molecule has 1 fully saturated rings. The van der Waals surface area contributed by atoms with E-state index in [4.69, 9.17) is 16.6 Å². The molecule has 0 bridgehead atoms. The Bertz CT molecular complexity index is 1470. The highest BCUT2D eigenvalue weighted by Crippen LogP contribution is 2.38. The van der Waals surface area contributed by atoms with Crippen LogP contribution in [-0.2, 0) is 29.5 Å². The largest absolute Gasteiger partial charge is 0.481 e. The lowest BCUT2D eigenvalue weighted by Crippen LogP contribution is -2.32. The summed E-state index contributed by atoms with van der Waals surface area (Å²) in [6, 6.07) is 18.2. The molecule has 200 valence electrons. The number of piperidine rings is 1. The summed E-state index contributed by atoms with van der Waals surface area (Å²) in [5.41, 5.74) is 9.06. The number of nitriles is 1. The van der Waals surface area contributed by atoms with Crippen LogP contribution in [0.3, 0.4) is 0 Å². The van der Waals surface area contributed by atoms with E-state index in [2.05, 4.69) is 29.2 Å². The van der Waals surface area contributed by atoms with Crippen molar-refractivity contribution in [2.24, 2.45) is 0 Å².